The van der Waals surface area contributed by atoms with Crippen LogP contribution in [0.3, 0.4) is 0 Å². The third-order valence-corrected chi connectivity index (χ3v) is 6.19. The van der Waals surface area contributed by atoms with E-state index in [2.05, 4.69) is 5.32 Å². The molecule has 0 radical (unpaired) electrons. The number of hydrogen-bond donors (Lipinski definition) is 1. The van der Waals surface area contributed by atoms with Crippen molar-refractivity contribution in [1.82, 2.24) is 0 Å². The van der Waals surface area contributed by atoms with Gasteiger partial charge in [-0.3, -0.25) is 9.10 Å². The molecule has 0 aromatic heterocycles. The predicted molar refractivity (Wildman–Crippen MR) is 103 cm³/mol. The molecule has 1 fully saturated rings. The number of rotatable bonds is 5. The summed E-state index contributed by atoms with van der Waals surface area (Å²) in [4.78, 5) is 23.9. The second-order valence-electron chi connectivity index (χ2n) is 6.04. The van der Waals surface area contributed by atoms with Gasteiger partial charge in [0.2, 0.25) is 10.0 Å². The SMILES string of the molecule is O=C(COC(=O)c1ccc(N2CCCS2(=O)=O)cc1)Nc1ccc(F)c(Cl)c1. The zero-order chi connectivity index (χ0) is 20.3. The summed E-state index contributed by atoms with van der Waals surface area (Å²) in [6.45, 7) is -0.143. The van der Waals surface area contributed by atoms with Crippen LogP contribution in [-0.2, 0) is 19.6 Å². The first-order valence-corrected chi connectivity index (χ1v) is 10.3. The molecule has 7 nitrogen and oxygen atoms in total. The van der Waals surface area contributed by atoms with Crippen LogP contribution < -0.4 is 9.62 Å². The number of sulfonamides is 1. The maximum atomic E-state index is 13.1. The van der Waals surface area contributed by atoms with E-state index in [0.717, 1.165) is 6.07 Å². The van der Waals surface area contributed by atoms with Crippen molar-refractivity contribution in [3.05, 3.63) is 58.9 Å². The number of benzene rings is 2. The maximum absolute atomic E-state index is 13.1. The minimum absolute atomic E-state index is 0.102. The number of nitrogens with one attached hydrogen (secondary N) is 1. The molecule has 0 atom stereocenters. The number of ether oxygens (including phenoxy) is 1. The van der Waals surface area contributed by atoms with Gasteiger partial charge >= 0.3 is 5.97 Å². The minimum Gasteiger partial charge on any atom is -0.452 e. The van der Waals surface area contributed by atoms with Gasteiger partial charge in [-0.1, -0.05) is 11.6 Å². The molecule has 0 saturated carbocycles. The van der Waals surface area contributed by atoms with Gasteiger partial charge in [0, 0.05) is 12.2 Å². The van der Waals surface area contributed by atoms with Gasteiger partial charge in [-0.15, -0.1) is 0 Å². The van der Waals surface area contributed by atoms with E-state index in [1.807, 2.05) is 0 Å². The lowest BCUT2D eigenvalue weighted by Gasteiger charge is -2.16. The summed E-state index contributed by atoms with van der Waals surface area (Å²) in [6, 6.07) is 9.56. The Morgan fingerprint density at radius 3 is 2.50 bits per heavy atom. The summed E-state index contributed by atoms with van der Waals surface area (Å²) in [5, 5.41) is 2.29. The lowest BCUT2D eigenvalue weighted by Crippen LogP contribution is -2.25. The van der Waals surface area contributed by atoms with E-state index in [1.54, 1.807) is 0 Å². The average Bonchev–Trinajstić information content (AvgIpc) is 3.02. The summed E-state index contributed by atoms with van der Waals surface area (Å²) in [6.07, 6.45) is 0.556. The molecule has 2 aromatic rings. The van der Waals surface area contributed by atoms with Crippen molar-refractivity contribution in [3.8, 4) is 0 Å². The van der Waals surface area contributed by atoms with Gasteiger partial charge in [0.1, 0.15) is 5.82 Å². The molecule has 148 valence electrons. The normalized spacial score (nSPS) is 15.3. The molecule has 1 amide bonds. The highest BCUT2D eigenvalue weighted by atomic mass is 35.5. The molecular weight excluding hydrogens is 411 g/mol. The number of carbonyl (C=O) groups is 2. The van der Waals surface area contributed by atoms with Crippen LogP contribution in [0.4, 0.5) is 15.8 Å². The molecule has 2 aromatic carbocycles. The average molecular weight is 427 g/mol. The first kappa shape index (κ1) is 20.1. The van der Waals surface area contributed by atoms with E-state index >= 15 is 0 Å². The Labute approximate surface area is 166 Å². The Kier molecular flexibility index (Phi) is 5.85. The first-order chi connectivity index (χ1) is 13.3. The molecule has 1 aliphatic rings. The van der Waals surface area contributed by atoms with Crippen LogP contribution in [0.2, 0.25) is 5.02 Å². The second-order valence-corrected chi connectivity index (χ2v) is 8.46. The molecule has 1 N–H and O–H groups in total. The third-order valence-electron chi connectivity index (χ3n) is 4.03. The molecule has 28 heavy (non-hydrogen) atoms. The van der Waals surface area contributed by atoms with Gasteiger partial charge in [-0.25, -0.2) is 17.6 Å². The third kappa shape index (κ3) is 4.60. The van der Waals surface area contributed by atoms with E-state index < -0.39 is 34.3 Å². The molecule has 0 spiro atoms. The standard InChI is InChI=1S/C18H16ClFN2O5S/c19-15-10-13(4-7-16(15)20)21-17(23)11-27-18(24)12-2-5-14(6-3-12)22-8-1-9-28(22,25)26/h2-7,10H,1,8-9,11H2,(H,21,23). The summed E-state index contributed by atoms with van der Waals surface area (Å²) in [5.74, 6) is -1.86. The molecule has 3 rings (SSSR count). The van der Waals surface area contributed by atoms with E-state index in [4.69, 9.17) is 16.3 Å². The molecule has 0 bridgehead atoms. The fourth-order valence-electron chi connectivity index (χ4n) is 2.68. The van der Waals surface area contributed by atoms with Crippen LogP contribution in [-0.4, -0.2) is 39.2 Å². The van der Waals surface area contributed by atoms with Crippen LogP contribution in [0, 0.1) is 5.82 Å². The quantitative estimate of drug-likeness (QED) is 0.742. The number of carbonyl (C=O) groups excluding carboxylic acids is 2. The van der Waals surface area contributed by atoms with Gasteiger partial charge in [0.15, 0.2) is 6.61 Å². The van der Waals surface area contributed by atoms with Gasteiger partial charge in [0.05, 0.1) is 22.0 Å². The van der Waals surface area contributed by atoms with Crippen molar-refractivity contribution in [2.75, 3.05) is 28.5 Å². The molecule has 0 aliphatic carbocycles. The highest BCUT2D eigenvalue weighted by molar-refractivity contribution is 7.93. The molecule has 1 heterocycles. The van der Waals surface area contributed by atoms with Crippen molar-refractivity contribution in [2.45, 2.75) is 6.42 Å². The molecular formula is C18H16ClFN2O5S. The van der Waals surface area contributed by atoms with Crippen LogP contribution in [0.5, 0.6) is 0 Å². The van der Waals surface area contributed by atoms with E-state index in [9.17, 15) is 22.4 Å². The number of esters is 1. The lowest BCUT2D eigenvalue weighted by atomic mass is 10.2. The number of hydrogen-bond acceptors (Lipinski definition) is 5. The second kappa shape index (κ2) is 8.15. The van der Waals surface area contributed by atoms with Crippen molar-refractivity contribution >= 4 is 44.9 Å². The number of nitrogens with zero attached hydrogens (tertiary/aromatic N) is 1. The zero-order valence-corrected chi connectivity index (χ0v) is 16.1. The van der Waals surface area contributed by atoms with Crippen LogP contribution in [0.15, 0.2) is 42.5 Å². The predicted octanol–water partition coefficient (Wildman–Crippen LogP) is 2.81. The number of anilines is 2. The smallest absolute Gasteiger partial charge is 0.338 e. The fourth-order valence-corrected chi connectivity index (χ4v) is 4.42. The first-order valence-electron chi connectivity index (χ1n) is 8.29. The van der Waals surface area contributed by atoms with Crippen molar-refractivity contribution in [3.63, 3.8) is 0 Å². The van der Waals surface area contributed by atoms with Gasteiger partial charge < -0.3 is 10.1 Å². The van der Waals surface area contributed by atoms with Gasteiger partial charge in [-0.05, 0) is 48.9 Å². The van der Waals surface area contributed by atoms with E-state index in [0.29, 0.717) is 18.7 Å². The Morgan fingerprint density at radius 1 is 1.18 bits per heavy atom. The molecule has 10 heteroatoms. The topological polar surface area (TPSA) is 92.8 Å². The summed E-state index contributed by atoms with van der Waals surface area (Å²) >= 11 is 5.63. The Balaban J connectivity index is 1.56. The number of halogens is 2. The van der Waals surface area contributed by atoms with Crippen molar-refractivity contribution in [1.29, 1.82) is 0 Å². The van der Waals surface area contributed by atoms with Gasteiger partial charge in [-0.2, -0.15) is 0 Å². The van der Waals surface area contributed by atoms with Crippen LogP contribution in [0.1, 0.15) is 16.8 Å². The van der Waals surface area contributed by atoms with Crippen LogP contribution >= 0.6 is 11.6 Å². The Bertz CT molecular complexity index is 1010. The van der Waals surface area contributed by atoms with Crippen LogP contribution in [0.25, 0.3) is 0 Å². The highest BCUT2D eigenvalue weighted by Gasteiger charge is 2.28. The fraction of sp³-hybridized carbons (Fsp3) is 0.222. The zero-order valence-electron chi connectivity index (χ0n) is 14.5. The van der Waals surface area contributed by atoms with E-state index in [-0.39, 0.29) is 22.0 Å². The Hall–Kier alpha value is -2.65. The lowest BCUT2D eigenvalue weighted by molar-refractivity contribution is -0.119. The van der Waals surface area contributed by atoms with E-state index in [1.165, 1.54) is 40.7 Å². The summed E-state index contributed by atoms with van der Waals surface area (Å²) < 4.78 is 43.1. The highest BCUT2D eigenvalue weighted by Crippen LogP contribution is 2.24. The molecule has 1 aliphatic heterocycles. The number of amides is 1. The monoisotopic (exact) mass is 426 g/mol. The summed E-state index contributed by atoms with van der Waals surface area (Å²) in [7, 11) is -3.30. The maximum Gasteiger partial charge on any atom is 0.338 e. The summed E-state index contributed by atoms with van der Waals surface area (Å²) in [5.41, 5.74) is 0.918. The van der Waals surface area contributed by atoms with Gasteiger partial charge in [0.25, 0.3) is 5.91 Å². The molecule has 1 saturated heterocycles. The minimum atomic E-state index is -3.30. The van der Waals surface area contributed by atoms with Crippen molar-refractivity contribution in [2.24, 2.45) is 0 Å². The molecule has 0 unspecified atom stereocenters. The Morgan fingerprint density at radius 2 is 1.89 bits per heavy atom. The van der Waals surface area contributed by atoms with Crippen molar-refractivity contribution < 1.29 is 27.1 Å². The largest absolute Gasteiger partial charge is 0.452 e.